The lowest BCUT2D eigenvalue weighted by molar-refractivity contribution is -0.121. The van der Waals surface area contributed by atoms with Crippen LogP contribution in [0.3, 0.4) is 0 Å². The third-order valence-corrected chi connectivity index (χ3v) is 4.19. The van der Waals surface area contributed by atoms with Crippen LogP contribution < -0.4 is 11.1 Å². The van der Waals surface area contributed by atoms with Crippen LogP contribution in [-0.2, 0) is 4.79 Å². The summed E-state index contributed by atoms with van der Waals surface area (Å²) in [5.74, 6) is 1.85. The summed E-state index contributed by atoms with van der Waals surface area (Å²) in [4.78, 5) is 11.6. The Hall–Kier alpha value is -0.570. The van der Waals surface area contributed by atoms with E-state index < -0.39 is 0 Å². The molecule has 0 bridgehead atoms. The average Bonchev–Trinajstić information content (AvgIpc) is 2.36. The van der Waals surface area contributed by atoms with Gasteiger partial charge in [-0.3, -0.25) is 4.79 Å². The van der Waals surface area contributed by atoms with Crippen molar-refractivity contribution in [2.75, 3.05) is 6.54 Å². The summed E-state index contributed by atoms with van der Waals surface area (Å²) in [5, 5.41) is 3.08. The molecule has 1 aliphatic carbocycles. The molecule has 1 aliphatic rings. The molecule has 0 aromatic carbocycles. The molecule has 0 aliphatic heterocycles. The van der Waals surface area contributed by atoms with Crippen molar-refractivity contribution < 1.29 is 4.79 Å². The van der Waals surface area contributed by atoms with Gasteiger partial charge >= 0.3 is 0 Å². The first-order chi connectivity index (χ1) is 8.61. The number of carbonyl (C=O) groups excluding carboxylic acids is 1. The van der Waals surface area contributed by atoms with Gasteiger partial charge in [0, 0.05) is 19.0 Å². The third kappa shape index (κ3) is 6.39. The van der Waals surface area contributed by atoms with Gasteiger partial charge in [0.1, 0.15) is 0 Å². The van der Waals surface area contributed by atoms with Crippen LogP contribution in [0.25, 0.3) is 0 Å². The molecule has 3 N–H and O–H groups in total. The van der Waals surface area contributed by atoms with Gasteiger partial charge in [0.15, 0.2) is 0 Å². The SMILES string of the molecule is CCC1CCC(CNC(=O)CCCC(C)N)CC1. The lowest BCUT2D eigenvalue weighted by atomic mass is 9.81. The van der Waals surface area contributed by atoms with Gasteiger partial charge in [0.2, 0.25) is 5.91 Å². The fourth-order valence-corrected chi connectivity index (χ4v) is 2.78. The summed E-state index contributed by atoms with van der Waals surface area (Å²) in [6.07, 6.45) is 9.07. The molecule has 1 amide bonds. The van der Waals surface area contributed by atoms with Crippen LogP contribution in [-0.4, -0.2) is 18.5 Å². The van der Waals surface area contributed by atoms with E-state index in [2.05, 4.69) is 12.2 Å². The van der Waals surface area contributed by atoms with Gasteiger partial charge in [0.25, 0.3) is 0 Å². The van der Waals surface area contributed by atoms with Crippen molar-refractivity contribution in [1.82, 2.24) is 5.32 Å². The second kappa shape index (κ2) is 8.52. The zero-order chi connectivity index (χ0) is 13.4. The lowest BCUT2D eigenvalue weighted by Crippen LogP contribution is -2.31. The third-order valence-electron chi connectivity index (χ3n) is 4.19. The monoisotopic (exact) mass is 254 g/mol. The Kier molecular flexibility index (Phi) is 7.33. The fraction of sp³-hybridized carbons (Fsp3) is 0.933. The number of nitrogens with two attached hydrogens (primary N) is 1. The molecular weight excluding hydrogens is 224 g/mol. The molecule has 3 heteroatoms. The number of nitrogens with one attached hydrogen (secondary N) is 1. The second-order valence-corrected chi connectivity index (χ2v) is 5.97. The van der Waals surface area contributed by atoms with Gasteiger partial charge < -0.3 is 11.1 Å². The number of hydrogen-bond donors (Lipinski definition) is 2. The molecule has 0 saturated heterocycles. The maximum absolute atomic E-state index is 11.6. The van der Waals surface area contributed by atoms with Crippen molar-refractivity contribution >= 4 is 5.91 Å². The molecule has 0 spiro atoms. The summed E-state index contributed by atoms with van der Waals surface area (Å²) < 4.78 is 0. The largest absolute Gasteiger partial charge is 0.356 e. The van der Waals surface area contributed by atoms with Gasteiger partial charge in [-0.05, 0) is 44.4 Å². The highest BCUT2D eigenvalue weighted by Crippen LogP contribution is 2.30. The second-order valence-electron chi connectivity index (χ2n) is 5.97. The van der Waals surface area contributed by atoms with Gasteiger partial charge in [-0.2, -0.15) is 0 Å². The quantitative estimate of drug-likeness (QED) is 0.734. The van der Waals surface area contributed by atoms with Crippen LogP contribution in [0.15, 0.2) is 0 Å². The fourth-order valence-electron chi connectivity index (χ4n) is 2.78. The summed E-state index contributed by atoms with van der Waals surface area (Å²) in [5.41, 5.74) is 5.66. The Morgan fingerprint density at radius 1 is 1.28 bits per heavy atom. The van der Waals surface area contributed by atoms with E-state index in [4.69, 9.17) is 5.73 Å². The Labute approximate surface area is 112 Å². The Morgan fingerprint density at radius 2 is 1.89 bits per heavy atom. The lowest BCUT2D eigenvalue weighted by Gasteiger charge is -2.27. The average molecular weight is 254 g/mol. The molecule has 1 unspecified atom stereocenters. The predicted octanol–water partition coefficient (Wildman–Crippen LogP) is 2.84. The van der Waals surface area contributed by atoms with Crippen LogP contribution in [0.5, 0.6) is 0 Å². The highest BCUT2D eigenvalue weighted by molar-refractivity contribution is 5.75. The van der Waals surface area contributed by atoms with E-state index in [0.29, 0.717) is 12.3 Å². The highest BCUT2D eigenvalue weighted by atomic mass is 16.1. The smallest absolute Gasteiger partial charge is 0.220 e. The van der Waals surface area contributed by atoms with Crippen molar-refractivity contribution in [3.05, 3.63) is 0 Å². The molecule has 3 nitrogen and oxygen atoms in total. The first kappa shape index (κ1) is 15.5. The number of hydrogen-bond acceptors (Lipinski definition) is 2. The molecular formula is C15H30N2O. The maximum atomic E-state index is 11.6. The molecule has 0 aromatic rings. The molecule has 1 fully saturated rings. The van der Waals surface area contributed by atoms with E-state index >= 15 is 0 Å². The highest BCUT2D eigenvalue weighted by Gasteiger charge is 2.20. The van der Waals surface area contributed by atoms with Gasteiger partial charge in [-0.15, -0.1) is 0 Å². The number of rotatable bonds is 7. The zero-order valence-corrected chi connectivity index (χ0v) is 12.1. The summed E-state index contributed by atoms with van der Waals surface area (Å²) in [6.45, 7) is 5.16. The molecule has 106 valence electrons. The van der Waals surface area contributed by atoms with Crippen LogP contribution >= 0.6 is 0 Å². The van der Waals surface area contributed by atoms with E-state index in [-0.39, 0.29) is 11.9 Å². The molecule has 1 saturated carbocycles. The van der Waals surface area contributed by atoms with Crippen LogP contribution in [0.1, 0.15) is 65.2 Å². The predicted molar refractivity (Wildman–Crippen MR) is 76.2 cm³/mol. The first-order valence-electron chi connectivity index (χ1n) is 7.64. The van der Waals surface area contributed by atoms with E-state index in [1.54, 1.807) is 0 Å². The number of amides is 1. The molecule has 18 heavy (non-hydrogen) atoms. The van der Waals surface area contributed by atoms with Crippen molar-refractivity contribution in [3.63, 3.8) is 0 Å². The molecule has 1 rings (SSSR count). The minimum atomic E-state index is 0.202. The maximum Gasteiger partial charge on any atom is 0.220 e. The Morgan fingerprint density at radius 3 is 2.44 bits per heavy atom. The van der Waals surface area contributed by atoms with E-state index in [0.717, 1.165) is 25.3 Å². The Bertz CT molecular complexity index is 233. The summed E-state index contributed by atoms with van der Waals surface area (Å²) in [7, 11) is 0. The zero-order valence-electron chi connectivity index (χ0n) is 12.1. The Balaban J connectivity index is 2.04. The van der Waals surface area contributed by atoms with Crippen LogP contribution in [0, 0.1) is 11.8 Å². The van der Waals surface area contributed by atoms with E-state index in [1.165, 1.54) is 32.1 Å². The van der Waals surface area contributed by atoms with Crippen LogP contribution in [0.2, 0.25) is 0 Å². The first-order valence-corrected chi connectivity index (χ1v) is 7.64. The molecule has 1 atom stereocenters. The van der Waals surface area contributed by atoms with Crippen LogP contribution in [0.4, 0.5) is 0 Å². The van der Waals surface area contributed by atoms with E-state index in [1.807, 2.05) is 6.92 Å². The van der Waals surface area contributed by atoms with Crippen molar-refractivity contribution in [2.24, 2.45) is 17.6 Å². The standard InChI is InChI=1S/C15H30N2O/c1-3-13-7-9-14(10-8-13)11-17-15(18)6-4-5-12(2)16/h12-14H,3-11,16H2,1-2H3,(H,17,18). The minimum Gasteiger partial charge on any atom is -0.356 e. The molecule has 0 radical (unpaired) electrons. The van der Waals surface area contributed by atoms with Crippen molar-refractivity contribution in [2.45, 2.75) is 71.3 Å². The summed E-state index contributed by atoms with van der Waals surface area (Å²) in [6, 6.07) is 0.210. The van der Waals surface area contributed by atoms with E-state index in [9.17, 15) is 4.79 Å². The normalized spacial score (nSPS) is 25.7. The van der Waals surface area contributed by atoms with Gasteiger partial charge in [-0.1, -0.05) is 26.2 Å². The topological polar surface area (TPSA) is 55.1 Å². The minimum absolute atomic E-state index is 0.202. The van der Waals surface area contributed by atoms with Crippen molar-refractivity contribution in [3.8, 4) is 0 Å². The number of carbonyl (C=O) groups is 1. The molecule has 0 aromatic heterocycles. The summed E-state index contributed by atoms with van der Waals surface area (Å²) >= 11 is 0. The van der Waals surface area contributed by atoms with Gasteiger partial charge in [0.05, 0.1) is 0 Å². The van der Waals surface area contributed by atoms with Crippen molar-refractivity contribution in [1.29, 1.82) is 0 Å². The molecule has 0 heterocycles. The van der Waals surface area contributed by atoms with Gasteiger partial charge in [-0.25, -0.2) is 0 Å².